The van der Waals surface area contributed by atoms with Crippen molar-refractivity contribution in [2.24, 2.45) is 5.92 Å². The molecule has 0 bridgehead atoms. The van der Waals surface area contributed by atoms with Gasteiger partial charge in [-0.1, -0.05) is 6.07 Å². The molecule has 1 saturated heterocycles. The lowest BCUT2D eigenvalue weighted by Gasteiger charge is -2.34. The van der Waals surface area contributed by atoms with Crippen molar-refractivity contribution in [3.05, 3.63) is 65.0 Å². The molecule has 2 heterocycles. The highest BCUT2D eigenvalue weighted by Crippen LogP contribution is 2.42. The molecule has 8 heteroatoms. The van der Waals surface area contributed by atoms with Crippen LogP contribution in [0.15, 0.2) is 42.5 Å². The lowest BCUT2D eigenvalue weighted by Crippen LogP contribution is -2.40. The van der Waals surface area contributed by atoms with Gasteiger partial charge < -0.3 is 20.3 Å². The van der Waals surface area contributed by atoms with Gasteiger partial charge in [-0.05, 0) is 60.7 Å². The van der Waals surface area contributed by atoms with Crippen LogP contribution < -0.4 is 10.6 Å². The van der Waals surface area contributed by atoms with Crippen LogP contribution in [0.3, 0.4) is 0 Å². The standard InChI is InChI=1S/C24H26FN3O4/c1-32-12-9-26-22(29)16-5-6-20-19(14-16)21(23(30)27-20)15-7-10-28(11-8-15)24(31)17-3-2-4-18(25)13-17/h2-6,13-15,21H,7-12H2,1H3,(H,26,29)(H,27,30). The lowest BCUT2D eigenvalue weighted by molar-refractivity contribution is -0.118. The van der Waals surface area contributed by atoms with E-state index < -0.39 is 5.82 Å². The number of hydrogen-bond acceptors (Lipinski definition) is 4. The Labute approximate surface area is 185 Å². The fraction of sp³-hybridized carbons (Fsp3) is 0.375. The van der Waals surface area contributed by atoms with Crippen molar-refractivity contribution in [1.29, 1.82) is 0 Å². The normalized spacial score (nSPS) is 18.2. The lowest BCUT2D eigenvalue weighted by atomic mass is 9.80. The van der Waals surface area contributed by atoms with Gasteiger partial charge >= 0.3 is 0 Å². The quantitative estimate of drug-likeness (QED) is 0.678. The van der Waals surface area contributed by atoms with Gasteiger partial charge in [0, 0.05) is 43.6 Å². The number of likely N-dealkylation sites (tertiary alicyclic amines) is 1. The number of hydrogen-bond donors (Lipinski definition) is 2. The summed E-state index contributed by atoms with van der Waals surface area (Å²) in [6.45, 7) is 1.82. The number of carbonyl (C=O) groups is 3. The Morgan fingerprint density at radius 1 is 1.16 bits per heavy atom. The van der Waals surface area contributed by atoms with E-state index in [0.717, 1.165) is 11.3 Å². The summed E-state index contributed by atoms with van der Waals surface area (Å²) in [5, 5.41) is 5.71. The Morgan fingerprint density at radius 3 is 2.66 bits per heavy atom. The van der Waals surface area contributed by atoms with Gasteiger partial charge in [-0.15, -0.1) is 0 Å². The Hall–Kier alpha value is -3.26. The minimum absolute atomic E-state index is 0.0552. The van der Waals surface area contributed by atoms with E-state index >= 15 is 0 Å². The molecule has 1 atom stereocenters. The van der Waals surface area contributed by atoms with Crippen molar-refractivity contribution >= 4 is 23.4 Å². The molecule has 1 unspecified atom stereocenters. The number of piperidine rings is 1. The van der Waals surface area contributed by atoms with Crippen molar-refractivity contribution < 1.29 is 23.5 Å². The van der Waals surface area contributed by atoms with E-state index in [2.05, 4.69) is 10.6 Å². The van der Waals surface area contributed by atoms with Crippen LogP contribution in [0.5, 0.6) is 0 Å². The molecule has 4 rings (SSSR count). The number of nitrogens with one attached hydrogen (secondary N) is 2. The van der Waals surface area contributed by atoms with Crippen LogP contribution in [0, 0.1) is 11.7 Å². The first-order valence-corrected chi connectivity index (χ1v) is 10.7. The molecule has 2 aromatic carbocycles. The van der Waals surface area contributed by atoms with E-state index in [4.69, 9.17) is 4.74 Å². The summed E-state index contributed by atoms with van der Waals surface area (Å²) >= 11 is 0. The molecule has 0 spiro atoms. The molecule has 7 nitrogen and oxygen atoms in total. The summed E-state index contributed by atoms with van der Waals surface area (Å²) in [6.07, 6.45) is 1.31. The minimum atomic E-state index is -0.438. The van der Waals surface area contributed by atoms with Crippen LogP contribution in [0.25, 0.3) is 0 Å². The second-order valence-corrected chi connectivity index (χ2v) is 8.16. The summed E-state index contributed by atoms with van der Waals surface area (Å²) in [6, 6.07) is 10.9. The minimum Gasteiger partial charge on any atom is -0.383 e. The van der Waals surface area contributed by atoms with Gasteiger partial charge in [-0.25, -0.2) is 4.39 Å². The highest BCUT2D eigenvalue weighted by Gasteiger charge is 2.39. The summed E-state index contributed by atoms with van der Waals surface area (Å²) < 4.78 is 18.4. The summed E-state index contributed by atoms with van der Waals surface area (Å²) in [5.41, 5.74) is 2.38. The highest BCUT2D eigenvalue weighted by atomic mass is 19.1. The van der Waals surface area contributed by atoms with Crippen molar-refractivity contribution in [2.75, 3.05) is 38.7 Å². The molecule has 168 valence electrons. The van der Waals surface area contributed by atoms with E-state index in [1.807, 2.05) is 0 Å². The fourth-order valence-electron chi connectivity index (χ4n) is 4.50. The molecule has 1 fully saturated rings. The fourth-order valence-corrected chi connectivity index (χ4v) is 4.50. The number of nitrogens with zero attached hydrogens (tertiary/aromatic N) is 1. The zero-order valence-corrected chi connectivity index (χ0v) is 17.9. The van der Waals surface area contributed by atoms with Crippen molar-refractivity contribution in [2.45, 2.75) is 18.8 Å². The third-order valence-corrected chi connectivity index (χ3v) is 6.15. The van der Waals surface area contributed by atoms with Crippen molar-refractivity contribution in [3.8, 4) is 0 Å². The molecular weight excluding hydrogens is 413 g/mol. The van der Waals surface area contributed by atoms with Gasteiger partial charge in [0.2, 0.25) is 5.91 Å². The zero-order chi connectivity index (χ0) is 22.7. The number of amides is 3. The molecule has 3 amide bonds. The number of fused-ring (bicyclic) bond motifs is 1. The Kier molecular flexibility index (Phi) is 6.50. The first kappa shape index (κ1) is 22.0. The molecule has 2 aliphatic rings. The average molecular weight is 439 g/mol. The monoisotopic (exact) mass is 439 g/mol. The second-order valence-electron chi connectivity index (χ2n) is 8.16. The highest BCUT2D eigenvalue weighted by molar-refractivity contribution is 6.05. The molecule has 0 aliphatic carbocycles. The van der Waals surface area contributed by atoms with Gasteiger partial charge in [0.05, 0.1) is 12.5 Å². The van der Waals surface area contributed by atoms with E-state index in [9.17, 15) is 18.8 Å². The van der Waals surface area contributed by atoms with Gasteiger partial charge in [0.25, 0.3) is 11.8 Å². The Morgan fingerprint density at radius 2 is 1.94 bits per heavy atom. The van der Waals surface area contributed by atoms with Crippen LogP contribution in [-0.2, 0) is 9.53 Å². The first-order valence-electron chi connectivity index (χ1n) is 10.7. The topological polar surface area (TPSA) is 87.7 Å². The first-order chi connectivity index (χ1) is 15.5. The number of carbonyl (C=O) groups excluding carboxylic acids is 3. The molecule has 2 aromatic rings. The predicted molar refractivity (Wildman–Crippen MR) is 117 cm³/mol. The summed E-state index contributed by atoms with van der Waals surface area (Å²) in [5.74, 6) is -1.23. The third-order valence-electron chi connectivity index (χ3n) is 6.15. The summed E-state index contributed by atoms with van der Waals surface area (Å²) in [4.78, 5) is 39.6. The number of rotatable bonds is 6. The Balaban J connectivity index is 1.44. The molecule has 32 heavy (non-hydrogen) atoms. The molecule has 2 aliphatic heterocycles. The number of methoxy groups -OCH3 is 1. The van der Waals surface area contributed by atoms with Crippen LogP contribution in [0.4, 0.5) is 10.1 Å². The van der Waals surface area contributed by atoms with E-state index in [1.54, 1.807) is 36.3 Å². The maximum absolute atomic E-state index is 13.5. The van der Waals surface area contributed by atoms with E-state index in [1.165, 1.54) is 18.2 Å². The van der Waals surface area contributed by atoms with Crippen LogP contribution in [0.2, 0.25) is 0 Å². The van der Waals surface area contributed by atoms with Crippen LogP contribution in [-0.4, -0.2) is 56.0 Å². The Bertz CT molecular complexity index is 1030. The third kappa shape index (κ3) is 4.50. The second kappa shape index (κ2) is 9.48. The SMILES string of the molecule is COCCNC(=O)c1ccc2c(c1)C(C1CCN(C(=O)c3cccc(F)c3)CC1)C(=O)N2. The predicted octanol–water partition coefficient (Wildman–Crippen LogP) is 2.79. The largest absolute Gasteiger partial charge is 0.383 e. The maximum atomic E-state index is 13.5. The number of benzene rings is 2. The van der Waals surface area contributed by atoms with E-state index in [0.29, 0.717) is 50.2 Å². The number of anilines is 1. The average Bonchev–Trinajstić information content (AvgIpc) is 3.13. The van der Waals surface area contributed by atoms with E-state index in [-0.39, 0.29) is 29.6 Å². The number of halogens is 1. The van der Waals surface area contributed by atoms with Gasteiger partial charge in [0.1, 0.15) is 5.82 Å². The summed E-state index contributed by atoms with van der Waals surface area (Å²) in [7, 11) is 1.57. The molecular formula is C24H26FN3O4. The van der Waals surface area contributed by atoms with Gasteiger partial charge in [-0.3, -0.25) is 14.4 Å². The van der Waals surface area contributed by atoms with Crippen LogP contribution in [0.1, 0.15) is 45.0 Å². The zero-order valence-electron chi connectivity index (χ0n) is 17.9. The maximum Gasteiger partial charge on any atom is 0.253 e. The van der Waals surface area contributed by atoms with Crippen LogP contribution >= 0.6 is 0 Å². The molecule has 0 radical (unpaired) electrons. The molecule has 2 N–H and O–H groups in total. The molecule has 0 aromatic heterocycles. The smallest absolute Gasteiger partial charge is 0.253 e. The molecule has 0 saturated carbocycles. The van der Waals surface area contributed by atoms with Crippen molar-refractivity contribution in [3.63, 3.8) is 0 Å². The number of ether oxygens (including phenoxy) is 1. The van der Waals surface area contributed by atoms with Gasteiger partial charge in [-0.2, -0.15) is 0 Å². The van der Waals surface area contributed by atoms with Crippen molar-refractivity contribution in [1.82, 2.24) is 10.2 Å². The van der Waals surface area contributed by atoms with Gasteiger partial charge in [0.15, 0.2) is 0 Å².